The minimum absolute atomic E-state index is 0.0239. The van der Waals surface area contributed by atoms with E-state index in [1.54, 1.807) is 6.07 Å². The fourth-order valence-corrected chi connectivity index (χ4v) is 2.58. The molecule has 0 heterocycles. The van der Waals surface area contributed by atoms with Gasteiger partial charge in [0.05, 0.1) is 13.2 Å². The van der Waals surface area contributed by atoms with Gasteiger partial charge < -0.3 is 14.6 Å². The van der Waals surface area contributed by atoms with Gasteiger partial charge in [-0.1, -0.05) is 18.2 Å². The molecule has 110 valence electrons. The summed E-state index contributed by atoms with van der Waals surface area (Å²) < 4.78 is 11.3. The molecule has 0 atom stereocenters. The molecule has 0 radical (unpaired) electrons. The standard InChI is InChI=1S/C18H20O3/c1-2-20-14-7-9-15(10-8-14)21-13-18(11-12-18)16-5-3-4-6-17(16)19/h3-10,19H,2,11-13H2,1H3. The van der Waals surface area contributed by atoms with Crippen LogP contribution in [0.1, 0.15) is 25.3 Å². The van der Waals surface area contributed by atoms with Gasteiger partial charge in [0.15, 0.2) is 0 Å². The summed E-state index contributed by atoms with van der Waals surface area (Å²) in [4.78, 5) is 0. The summed E-state index contributed by atoms with van der Waals surface area (Å²) in [7, 11) is 0. The van der Waals surface area contributed by atoms with Crippen LogP contribution < -0.4 is 9.47 Å². The Hall–Kier alpha value is -2.16. The number of para-hydroxylation sites is 1. The molecule has 0 saturated heterocycles. The van der Waals surface area contributed by atoms with Crippen LogP contribution in [-0.2, 0) is 5.41 Å². The molecule has 2 aromatic rings. The van der Waals surface area contributed by atoms with Crippen molar-refractivity contribution in [1.82, 2.24) is 0 Å². The summed E-state index contributed by atoms with van der Waals surface area (Å²) in [6.45, 7) is 3.22. The minimum atomic E-state index is -0.0239. The van der Waals surface area contributed by atoms with Gasteiger partial charge in [-0.05, 0) is 50.1 Å². The van der Waals surface area contributed by atoms with Gasteiger partial charge in [-0.25, -0.2) is 0 Å². The molecule has 0 unspecified atom stereocenters. The summed E-state index contributed by atoms with van der Waals surface area (Å²) >= 11 is 0. The molecule has 0 amide bonds. The zero-order valence-corrected chi connectivity index (χ0v) is 12.2. The van der Waals surface area contributed by atoms with Gasteiger partial charge in [-0.3, -0.25) is 0 Å². The van der Waals surface area contributed by atoms with Gasteiger partial charge >= 0.3 is 0 Å². The number of aromatic hydroxyl groups is 1. The highest BCUT2D eigenvalue weighted by Gasteiger charge is 2.46. The zero-order chi connectivity index (χ0) is 14.7. The number of hydrogen-bond donors (Lipinski definition) is 1. The molecular formula is C18H20O3. The third kappa shape index (κ3) is 2.97. The number of phenols is 1. The van der Waals surface area contributed by atoms with E-state index < -0.39 is 0 Å². The van der Waals surface area contributed by atoms with Crippen molar-refractivity contribution in [2.24, 2.45) is 0 Å². The molecule has 2 aromatic carbocycles. The predicted molar refractivity (Wildman–Crippen MR) is 82.1 cm³/mol. The van der Waals surface area contributed by atoms with Crippen LogP contribution >= 0.6 is 0 Å². The third-order valence-corrected chi connectivity index (χ3v) is 3.98. The van der Waals surface area contributed by atoms with Gasteiger partial charge in [-0.15, -0.1) is 0 Å². The van der Waals surface area contributed by atoms with Crippen LogP contribution in [0.2, 0.25) is 0 Å². The lowest BCUT2D eigenvalue weighted by Gasteiger charge is -2.18. The van der Waals surface area contributed by atoms with E-state index in [1.807, 2.05) is 49.4 Å². The third-order valence-electron chi connectivity index (χ3n) is 3.98. The number of rotatable bonds is 6. The molecule has 0 bridgehead atoms. The summed E-state index contributed by atoms with van der Waals surface area (Å²) in [6, 6.07) is 15.2. The van der Waals surface area contributed by atoms with Crippen molar-refractivity contribution in [1.29, 1.82) is 0 Å². The zero-order valence-electron chi connectivity index (χ0n) is 12.2. The second-order valence-corrected chi connectivity index (χ2v) is 5.49. The minimum Gasteiger partial charge on any atom is -0.508 e. The Morgan fingerprint density at radius 2 is 1.57 bits per heavy atom. The smallest absolute Gasteiger partial charge is 0.119 e. The van der Waals surface area contributed by atoms with E-state index >= 15 is 0 Å². The van der Waals surface area contributed by atoms with E-state index in [9.17, 15) is 5.11 Å². The van der Waals surface area contributed by atoms with Crippen LogP contribution in [-0.4, -0.2) is 18.3 Å². The number of phenolic OH excluding ortho intramolecular Hbond substituents is 1. The first-order valence-corrected chi connectivity index (χ1v) is 7.38. The van der Waals surface area contributed by atoms with Gasteiger partial charge in [0.2, 0.25) is 0 Å². The maximum atomic E-state index is 10.0. The molecule has 1 aliphatic carbocycles. The SMILES string of the molecule is CCOc1ccc(OCC2(c3ccccc3O)CC2)cc1. The molecule has 1 aliphatic rings. The Labute approximate surface area is 125 Å². The highest BCUT2D eigenvalue weighted by Crippen LogP contribution is 2.51. The Balaban J connectivity index is 1.66. The van der Waals surface area contributed by atoms with Gasteiger partial charge in [-0.2, -0.15) is 0 Å². The lowest BCUT2D eigenvalue weighted by atomic mass is 9.96. The fourth-order valence-electron chi connectivity index (χ4n) is 2.58. The van der Waals surface area contributed by atoms with Crippen LogP contribution in [0.4, 0.5) is 0 Å². The van der Waals surface area contributed by atoms with Gasteiger partial charge in [0, 0.05) is 11.0 Å². The molecule has 1 fully saturated rings. The largest absolute Gasteiger partial charge is 0.508 e. The van der Waals surface area contributed by atoms with E-state index in [4.69, 9.17) is 9.47 Å². The second kappa shape index (κ2) is 5.68. The second-order valence-electron chi connectivity index (χ2n) is 5.49. The summed E-state index contributed by atoms with van der Waals surface area (Å²) in [5.74, 6) is 2.05. The summed E-state index contributed by atoms with van der Waals surface area (Å²) in [6.07, 6.45) is 2.11. The fraction of sp³-hybridized carbons (Fsp3) is 0.333. The Morgan fingerprint density at radius 3 is 2.14 bits per heavy atom. The van der Waals surface area contributed by atoms with Crippen LogP contribution in [0.5, 0.6) is 17.2 Å². The first-order chi connectivity index (χ1) is 10.2. The van der Waals surface area contributed by atoms with Crippen molar-refractivity contribution in [3.63, 3.8) is 0 Å². The maximum absolute atomic E-state index is 10.0. The summed E-state index contributed by atoms with van der Waals surface area (Å²) in [5.41, 5.74) is 0.972. The van der Waals surface area contributed by atoms with Crippen molar-refractivity contribution in [3.05, 3.63) is 54.1 Å². The van der Waals surface area contributed by atoms with Crippen molar-refractivity contribution < 1.29 is 14.6 Å². The molecule has 3 heteroatoms. The highest BCUT2D eigenvalue weighted by atomic mass is 16.5. The lowest BCUT2D eigenvalue weighted by molar-refractivity contribution is 0.274. The molecule has 0 aliphatic heterocycles. The van der Waals surface area contributed by atoms with Gasteiger partial charge in [0.25, 0.3) is 0 Å². The average molecular weight is 284 g/mol. The first kappa shape index (κ1) is 13.8. The predicted octanol–water partition coefficient (Wildman–Crippen LogP) is 3.90. The Morgan fingerprint density at radius 1 is 0.952 bits per heavy atom. The van der Waals surface area contributed by atoms with Crippen molar-refractivity contribution in [3.8, 4) is 17.2 Å². The maximum Gasteiger partial charge on any atom is 0.119 e. The molecule has 0 aromatic heterocycles. The molecule has 1 N–H and O–H groups in total. The molecule has 3 rings (SSSR count). The van der Waals surface area contributed by atoms with E-state index in [-0.39, 0.29) is 5.41 Å². The normalized spacial score (nSPS) is 15.5. The quantitative estimate of drug-likeness (QED) is 0.874. The van der Waals surface area contributed by atoms with E-state index in [0.717, 1.165) is 29.9 Å². The van der Waals surface area contributed by atoms with Crippen LogP contribution in [0.25, 0.3) is 0 Å². The van der Waals surface area contributed by atoms with E-state index in [1.165, 1.54) is 0 Å². The monoisotopic (exact) mass is 284 g/mol. The van der Waals surface area contributed by atoms with Crippen LogP contribution in [0, 0.1) is 0 Å². The molecule has 21 heavy (non-hydrogen) atoms. The van der Waals surface area contributed by atoms with Crippen LogP contribution in [0.3, 0.4) is 0 Å². The Kier molecular flexibility index (Phi) is 3.74. The van der Waals surface area contributed by atoms with Crippen LogP contribution in [0.15, 0.2) is 48.5 Å². The lowest BCUT2D eigenvalue weighted by Crippen LogP contribution is -2.17. The number of hydrogen-bond acceptors (Lipinski definition) is 3. The number of ether oxygens (including phenoxy) is 2. The van der Waals surface area contributed by atoms with Crippen molar-refractivity contribution >= 4 is 0 Å². The van der Waals surface area contributed by atoms with E-state index in [0.29, 0.717) is 19.0 Å². The highest BCUT2D eigenvalue weighted by molar-refractivity contribution is 5.42. The first-order valence-electron chi connectivity index (χ1n) is 7.38. The van der Waals surface area contributed by atoms with Gasteiger partial charge in [0.1, 0.15) is 17.2 Å². The van der Waals surface area contributed by atoms with E-state index in [2.05, 4.69) is 0 Å². The number of benzene rings is 2. The van der Waals surface area contributed by atoms with Crippen molar-refractivity contribution in [2.75, 3.05) is 13.2 Å². The molecule has 3 nitrogen and oxygen atoms in total. The Bertz CT molecular complexity index is 600. The average Bonchev–Trinajstić information content (AvgIpc) is 3.28. The summed E-state index contributed by atoms with van der Waals surface area (Å²) in [5, 5.41) is 10.0. The topological polar surface area (TPSA) is 38.7 Å². The molecule has 1 saturated carbocycles. The molecular weight excluding hydrogens is 264 g/mol. The van der Waals surface area contributed by atoms with Crippen molar-refractivity contribution in [2.45, 2.75) is 25.2 Å². The molecule has 0 spiro atoms.